The summed E-state index contributed by atoms with van der Waals surface area (Å²) < 4.78 is 15.7. The van der Waals surface area contributed by atoms with E-state index in [2.05, 4.69) is 42.3 Å². The minimum atomic E-state index is -0.281. The Morgan fingerprint density at radius 3 is 2.50 bits per heavy atom. The van der Waals surface area contributed by atoms with Crippen LogP contribution in [0.4, 0.5) is 4.39 Å². The van der Waals surface area contributed by atoms with Gasteiger partial charge in [0.1, 0.15) is 12.1 Å². The smallest absolute Gasteiger partial charge is 0.136 e. The van der Waals surface area contributed by atoms with Crippen LogP contribution in [-0.4, -0.2) is 16.2 Å². The molecular formula is C23H29FN4. The zero-order chi connectivity index (χ0) is 20.9. The minimum Gasteiger partial charge on any atom is -0.398 e. The number of benzene rings is 1. The van der Waals surface area contributed by atoms with E-state index < -0.39 is 0 Å². The third kappa shape index (κ3) is 5.12. The number of hydrogen-bond donors (Lipinski definition) is 1. The molecule has 0 radical (unpaired) electrons. The van der Waals surface area contributed by atoms with Crippen LogP contribution in [0.5, 0.6) is 0 Å². The van der Waals surface area contributed by atoms with Crippen molar-refractivity contribution in [3.63, 3.8) is 0 Å². The van der Waals surface area contributed by atoms with E-state index in [9.17, 15) is 0 Å². The quantitative estimate of drug-likeness (QED) is 0.720. The Bertz CT molecular complexity index is 921. The molecular weight excluding hydrogens is 351 g/mol. The van der Waals surface area contributed by atoms with E-state index in [-0.39, 0.29) is 11.2 Å². The number of allylic oxidation sites excluding steroid dienone is 2. The summed E-state index contributed by atoms with van der Waals surface area (Å²) in [6, 6.07) is 5.69. The number of aryl methyl sites for hydroxylation is 1. The maximum atomic E-state index is 15.7. The van der Waals surface area contributed by atoms with E-state index >= 15 is 4.39 Å². The molecule has 2 aromatic rings. The Hall–Kier alpha value is -2.82. The van der Waals surface area contributed by atoms with Gasteiger partial charge in [-0.1, -0.05) is 46.4 Å². The summed E-state index contributed by atoms with van der Waals surface area (Å²) >= 11 is 0. The Balaban J connectivity index is 2.61. The van der Waals surface area contributed by atoms with Gasteiger partial charge in [0.15, 0.2) is 0 Å². The average Bonchev–Trinajstić information content (AvgIpc) is 2.63. The first-order valence-corrected chi connectivity index (χ1v) is 9.44. The fraction of sp³-hybridized carbons (Fsp3) is 0.348. The summed E-state index contributed by atoms with van der Waals surface area (Å²) in [4.78, 5) is 12.9. The van der Waals surface area contributed by atoms with Gasteiger partial charge in [-0.3, -0.25) is 4.99 Å². The monoisotopic (exact) mass is 380 g/mol. The summed E-state index contributed by atoms with van der Waals surface area (Å²) in [6.07, 6.45) is 5.94. The molecule has 0 bridgehead atoms. The molecule has 1 aromatic carbocycles. The SMILES string of the molecule is C=C(N)/C=N\C(=C/C)c1ccc(C(C)(C)C)c(Cc2cc(CC)ncn2)c1F. The van der Waals surface area contributed by atoms with Crippen molar-refractivity contribution in [1.82, 2.24) is 9.97 Å². The van der Waals surface area contributed by atoms with Gasteiger partial charge in [-0.15, -0.1) is 0 Å². The predicted molar refractivity (Wildman–Crippen MR) is 115 cm³/mol. The highest BCUT2D eigenvalue weighted by molar-refractivity contribution is 5.83. The maximum absolute atomic E-state index is 15.7. The number of nitrogens with two attached hydrogens (primary N) is 1. The van der Waals surface area contributed by atoms with E-state index in [4.69, 9.17) is 5.73 Å². The Labute approximate surface area is 167 Å². The molecule has 0 spiro atoms. The average molecular weight is 381 g/mol. The van der Waals surface area contributed by atoms with E-state index in [0.717, 1.165) is 23.4 Å². The fourth-order valence-electron chi connectivity index (χ4n) is 3.06. The minimum absolute atomic E-state index is 0.208. The first kappa shape index (κ1) is 21.5. The number of aromatic nitrogens is 2. The molecule has 28 heavy (non-hydrogen) atoms. The van der Waals surface area contributed by atoms with Crippen molar-refractivity contribution in [2.24, 2.45) is 10.7 Å². The maximum Gasteiger partial charge on any atom is 0.136 e. The van der Waals surface area contributed by atoms with Crippen LogP contribution in [0.3, 0.4) is 0 Å². The van der Waals surface area contributed by atoms with Crippen LogP contribution in [-0.2, 0) is 18.3 Å². The Morgan fingerprint density at radius 2 is 1.93 bits per heavy atom. The molecule has 0 aliphatic rings. The molecule has 0 amide bonds. The highest BCUT2D eigenvalue weighted by atomic mass is 19.1. The molecule has 2 N–H and O–H groups in total. The molecule has 1 heterocycles. The second-order valence-electron chi connectivity index (χ2n) is 7.74. The highest BCUT2D eigenvalue weighted by Gasteiger charge is 2.24. The standard InChI is InChI=1S/C23H29FN4/c1-7-16-11-17(28-14-27-16)12-19-20(23(4,5)6)10-9-18(22(19)24)21(8-2)26-13-15(3)25/h8-11,13-14H,3,7,12,25H2,1-2,4-6H3/b21-8-,26-13-. The normalized spacial score (nSPS) is 12.6. The molecule has 0 saturated heterocycles. The van der Waals surface area contributed by atoms with E-state index in [1.165, 1.54) is 6.21 Å². The lowest BCUT2D eigenvalue weighted by Crippen LogP contribution is -2.17. The zero-order valence-electron chi connectivity index (χ0n) is 17.4. The summed E-state index contributed by atoms with van der Waals surface area (Å²) in [5, 5.41) is 0. The van der Waals surface area contributed by atoms with Crippen molar-refractivity contribution >= 4 is 11.9 Å². The van der Waals surface area contributed by atoms with Gasteiger partial charge in [0.2, 0.25) is 0 Å². The summed E-state index contributed by atoms with van der Waals surface area (Å²) in [5.74, 6) is -0.281. The molecule has 5 heteroatoms. The highest BCUT2D eigenvalue weighted by Crippen LogP contribution is 2.33. The summed E-state index contributed by atoms with van der Waals surface area (Å²) in [7, 11) is 0. The first-order valence-electron chi connectivity index (χ1n) is 9.44. The summed E-state index contributed by atoms with van der Waals surface area (Å²) in [6.45, 7) is 13.7. The third-order valence-corrected chi connectivity index (χ3v) is 4.47. The molecule has 0 saturated carbocycles. The summed E-state index contributed by atoms with van der Waals surface area (Å²) in [5.41, 5.74) is 9.97. The van der Waals surface area contributed by atoms with Gasteiger partial charge in [-0.25, -0.2) is 14.4 Å². The van der Waals surface area contributed by atoms with E-state index in [0.29, 0.717) is 28.9 Å². The third-order valence-electron chi connectivity index (χ3n) is 4.47. The van der Waals surface area contributed by atoms with Crippen molar-refractivity contribution in [3.05, 3.63) is 76.8 Å². The van der Waals surface area contributed by atoms with Gasteiger partial charge in [-0.2, -0.15) is 0 Å². The second kappa shape index (κ2) is 8.91. The zero-order valence-corrected chi connectivity index (χ0v) is 17.4. The number of nitrogens with zero attached hydrogens (tertiary/aromatic N) is 3. The predicted octanol–water partition coefficient (Wildman–Crippen LogP) is 4.97. The number of rotatable bonds is 6. The van der Waals surface area contributed by atoms with Gasteiger partial charge < -0.3 is 5.73 Å². The number of halogens is 1. The molecule has 2 rings (SSSR count). The van der Waals surface area contributed by atoms with Gasteiger partial charge in [0, 0.05) is 35.3 Å². The first-order chi connectivity index (χ1) is 13.2. The molecule has 148 valence electrons. The van der Waals surface area contributed by atoms with Crippen molar-refractivity contribution < 1.29 is 4.39 Å². The largest absolute Gasteiger partial charge is 0.398 e. The second-order valence-corrected chi connectivity index (χ2v) is 7.74. The Kier molecular flexibility index (Phi) is 6.84. The van der Waals surface area contributed by atoms with Crippen molar-refractivity contribution in [2.45, 2.75) is 52.9 Å². The topological polar surface area (TPSA) is 64.2 Å². The van der Waals surface area contributed by atoms with Crippen molar-refractivity contribution in [1.29, 1.82) is 0 Å². The van der Waals surface area contributed by atoms with E-state index in [1.807, 2.05) is 26.0 Å². The lowest BCUT2D eigenvalue weighted by atomic mass is 9.81. The molecule has 0 aliphatic heterocycles. The fourth-order valence-corrected chi connectivity index (χ4v) is 3.06. The van der Waals surface area contributed by atoms with Gasteiger partial charge in [-0.05, 0) is 42.0 Å². The van der Waals surface area contributed by atoms with Crippen LogP contribution in [0.1, 0.15) is 62.7 Å². The van der Waals surface area contributed by atoms with Gasteiger partial charge in [0.05, 0.1) is 5.70 Å². The Morgan fingerprint density at radius 1 is 1.25 bits per heavy atom. The molecule has 0 atom stereocenters. The van der Waals surface area contributed by atoms with Crippen molar-refractivity contribution in [2.75, 3.05) is 0 Å². The van der Waals surface area contributed by atoms with Crippen LogP contribution < -0.4 is 5.73 Å². The lowest BCUT2D eigenvalue weighted by molar-refractivity contribution is 0.556. The number of aliphatic imine (C=N–C) groups is 1. The molecule has 0 unspecified atom stereocenters. The van der Waals surface area contributed by atoms with Crippen LogP contribution >= 0.6 is 0 Å². The van der Waals surface area contributed by atoms with Gasteiger partial charge in [0.25, 0.3) is 0 Å². The molecule has 1 aromatic heterocycles. The lowest BCUT2D eigenvalue weighted by Gasteiger charge is -2.24. The van der Waals surface area contributed by atoms with Crippen LogP contribution in [0.2, 0.25) is 0 Å². The van der Waals surface area contributed by atoms with E-state index in [1.54, 1.807) is 18.5 Å². The van der Waals surface area contributed by atoms with Gasteiger partial charge >= 0.3 is 0 Å². The van der Waals surface area contributed by atoms with Crippen LogP contribution in [0.15, 0.2) is 47.9 Å². The van der Waals surface area contributed by atoms with Crippen LogP contribution in [0, 0.1) is 5.82 Å². The van der Waals surface area contributed by atoms with Crippen LogP contribution in [0.25, 0.3) is 5.70 Å². The molecule has 0 fully saturated rings. The molecule has 4 nitrogen and oxygen atoms in total. The number of hydrogen-bond acceptors (Lipinski definition) is 4. The molecule has 0 aliphatic carbocycles. The van der Waals surface area contributed by atoms with Crippen molar-refractivity contribution in [3.8, 4) is 0 Å².